The van der Waals surface area contributed by atoms with Crippen LogP contribution in [0.1, 0.15) is 72.5 Å². The summed E-state index contributed by atoms with van der Waals surface area (Å²) >= 11 is 0. The lowest BCUT2D eigenvalue weighted by molar-refractivity contribution is -0.0915. The third kappa shape index (κ3) is 2.73. The first kappa shape index (κ1) is 18.9. The molecule has 3 heterocycles. The Morgan fingerprint density at radius 3 is 2.69 bits per heavy atom. The summed E-state index contributed by atoms with van der Waals surface area (Å²) in [6.45, 7) is 2.45. The molecule has 3 fully saturated rings. The molecule has 164 valence electrons. The Kier molecular flexibility index (Phi) is 4.08. The van der Waals surface area contributed by atoms with E-state index in [4.69, 9.17) is 5.10 Å². The highest BCUT2D eigenvalue weighted by Crippen LogP contribution is 2.58. The maximum atomic E-state index is 12.2. The summed E-state index contributed by atoms with van der Waals surface area (Å²) in [7, 11) is 0. The number of anilines is 1. The minimum atomic E-state index is 0.00652. The molecule has 1 saturated heterocycles. The minimum Gasteiger partial charge on any atom is -0.321 e. The molecule has 0 unspecified atom stereocenters. The van der Waals surface area contributed by atoms with Crippen LogP contribution < -0.4 is 5.32 Å². The second-order valence-electron chi connectivity index (χ2n) is 10.5. The number of rotatable bonds is 4. The fourth-order valence-corrected chi connectivity index (χ4v) is 6.92. The Balaban J connectivity index is 1.06. The zero-order valence-electron chi connectivity index (χ0n) is 18.5. The van der Waals surface area contributed by atoms with E-state index in [-0.39, 0.29) is 5.91 Å². The lowest BCUT2D eigenvalue weighted by Gasteiger charge is -2.60. The maximum absolute atomic E-state index is 12.2. The zero-order chi connectivity index (χ0) is 21.3. The summed E-state index contributed by atoms with van der Waals surface area (Å²) in [5.41, 5.74) is 4.94. The number of nitrogens with zero attached hydrogens (tertiary/aromatic N) is 3. The largest absolute Gasteiger partial charge is 0.321 e. The van der Waals surface area contributed by atoms with Gasteiger partial charge in [-0.2, -0.15) is 5.10 Å². The van der Waals surface area contributed by atoms with E-state index in [9.17, 15) is 4.79 Å². The van der Waals surface area contributed by atoms with Crippen molar-refractivity contribution < 1.29 is 4.79 Å². The van der Waals surface area contributed by atoms with Gasteiger partial charge in [-0.05, 0) is 72.6 Å². The topological polar surface area (TPSA) is 50.2 Å². The van der Waals surface area contributed by atoms with Crippen molar-refractivity contribution in [1.82, 2.24) is 14.7 Å². The number of hydrogen-bond acceptors (Lipinski definition) is 3. The van der Waals surface area contributed by atoms with Crippen LogP contribution >= 0.6 is 0 Å². The third-order valence-electron chi connectivity index (χ3n) is 8.96. The van der Waals surface area contributed by atoms with E-state index in [1.807, 2.05) is 24.4 Å². The predicted octanol–water partition coefficient (Wildman–Crippen LogP) is 5.16. The van der Waals surface area contributed by atoms with E-state index < -0.39 is 0 Å². The van der Waals surface area contributed by atoms with Crippen LogP contribution in [-0.2, 0) is 6.42 Å². The van der Waals surface area contributed by atoms with Gasteiger partial charge >= 0.3 is 0 Å². The number of aromatic nitrogens is 2. The molecule has 4 aliphatic rings. The molecule has 5 nitrogen and oxygen atoms in total. The van der Waals surface area contributed by atoms with E-state index >= 15 is 0 Å². The molecule has 7 rings (SSSR count). The van der Waals surface area contributed by atoms with Crippen molar-refractivity contribution in [2.45, 2.75) is 63.5 Å². The van der Waals surface area contributed by atoms with Gasteiger partial charge in [0, 0.05) is 48.4 Å². The first-order chi connectivity index (χ1) is 15.7. The van der Waals surface area contributed by atoms with Crippen molar-refractivity contribution >= 4 is 22.4 Å². The van der Waals surface area contributed by atoms with Crippen LogP contribution in [0.25, 0.3) is 10.8 Å². The highest BCUT2D eigenvalue weighted by Gasteiger charge is 2.52. The lowest BCUT2D eigenvalue weighted by Crippen LogP contribution is -2.59. The molecular formula is C27H30N4O. The molecule has 1 amide bonds. The maximum Gasteiger partial charge on any atom is 0.256 e. The Labute approximate surface area is 188 Å². The summed E-state index contributed by atoms with van der Waals surface area (Å²) in [6.07, 6.45) is 14.9. The average Bonchev–Trinajstić information content (AvgIpc) is 3.35. The molecule has 0 radical (unpaired) electrons. The van der Waals surface area contributed by atoms with Crippen molar-refractivity contribution in [3.63, 3.8) is 0 Å². The van der Waals surface area contributed by atoms with Crippen LogP contribution in [0.15, 0.2) is 42.7 Å². The molecule has 32 heavy (non-hydrogen) atoms. The molecule has 1 spiro atoms. The number of nitrogens with one attached hydrogen (secondary N) is 1. The molecule has 2 aliphatic carbocycles. The second kappa shape index (κ2) is 6.92. The first-order valence-electron chi connectivity index (χ1n) is 12.3. The highest BCUT2D eigenvalue weighted by molar-refractivity contribution is 6.24. The monoisotopic (exact) mass is 426 g/mol. The number of amides is 1. The van der Waals surface area contributed by atoms with E-state index in [1.165, 1.54) is 74.5 Å². The molecule has 1 atom stereocenters. The quantitative estimate of drug-likeness (QED) is 0.627. The van der Waals surface area contributed by atoms with Crippen LogP contribution in [0.5, 0.6) is 0 Å². The van der Waals surface area contributed by atoms with Gasteiger partial charge in [0.25, 0.3) is 5.91 Å². The lowest BCUT2D eigenvalue weighted by atomic mass is 9.52. The molecule has 2 saturated carbocycles. The molecule has 2 aromatic carbocycles. The summed E-state index contributed by atoms with van der Waals surface area (Å²) in [5.74, 6) is 0.00652. The van der Waals surface area contributed by atoms with Gasteiger partial charge in [0.2, 0.25) is 0 Å². The SMILES string of the molecule is O=C1Nc2ccc(Cc3cnn(C4CCN([C@@H]5CCC56CCC6)CC4)c3)c3cccc1c23. The van der Waals surface area contributed by atoms with E-state index in [2.05, 4.69) is 33.2 Å². The summed E-state index contributed by atoms with van der Waals surface area (Å²) < 4.78 is 2.22. The van der Waals surface area contributed by atoms with Crippen LogP contribution in [0, 0.1) is 5.41 Å². The minimum absolute atomic E-state index is 0.00652. The summed E-state index contributed by atoms with van der Waals surface area (Å²) in [6, 6.07) is 11.6. The van der Waals surface area contributed by atoms with Gasteiger partial charge in [-0.1, -0.05) is 24.6 Å². The van der Waals surface area contributed by atoms with E-state index in [1.54, 1.807) is 0 Å². The molecular weight excluding hydrogens is 396 g/mol. The smallest absolute Gasteiger partial charge is 0.256 e. The van der Waals surface area contributed by atoms with Gasteiger partial charge in [-0.3, -0.25) is 14.4 Å². The second-order valence-corrected chi connectivity index (χ2v) is 10.5. The Morgan fingerprint density at radius 1 is 1.06 bits per heavy atom. The molecule has 3 aromatic rings. The fraction of sp³-hybridized carbons (Fsp3) is 0.481. The molecule has 2 aliphatic heterocycles. The van der Waals surface area contributed by atoms with Crippen molar-refractivity contribution in [2.75, 3.05) is 18.4 Å². The number of carbonyl (C=O) groups is 1. The number of hydrogen-bond donors (Lipinski definition) is 1. The van der Waals surface area contributed by atoms with Gasteiger partial charge in [0.05, 0.1) is 12.2 Å². The average molecular weight is 427 g/mol. The van der Waals surface area contributed by atoms with Gasteiger partial charge in [-0.25, -0.2) is 0 Å². The number of likely N-dealkylation sites (tertiary alicyclic amines) is 1. The molecule has 1 N–H and O–H groups in total. The van der Waals surface area contributed by atoms with Crippen molar-refractivity contribution in [3.05, 3.63) is 59.4 Å². The fourth-order valence-electron chi connectivity index (χ4n) is 6.92. The zero-order valence-corrected chi connectivity index (χ0v) is 18.5. The van der Waals surface area contributed by atoms with E-state index in [0.29, 0.717) is 11.5 Å². The van der Waals surface area contributed by atoms with Gasteiger partial charge in [0.1, 0.15) is 0 Å². The number of benzene rings is 2. The van der Waals surface area contributed by atoms with Gasteiger partial charge in [0.15, 0.2) is 0 Å². The summed E-state index contributed by atoms with van der Waals surface area (Å²) in [4.78, 5) is 15.0. The van der Waals surface area contributed by atoms with Crippen molar-refractivity contribution in [1.29, 1.82) is 0 Å². The highest BCUT2D eigenvalue weighted by atomic mass is 16.1. The molecule has 0 bridgehead atoms. The van der Waals surface area contributed by atoms with Crippen molar-refractivity contribution in [2.24, 2.45) is 5.41 Å². The van der Waals surface area contributed by atoms with Crippen LogP contribution in [0.4, 0.5) is 5.69 Å². The Hall–Kier alpha value is -2.66. The summed E-state index contributed by atoms with van der Waals surface area (Å²) in [5, 5.41) is 9.99. The molecule has 1 aromatic heterocycles. The van der Waals surface area contributed by atoms with Gasteiger partial charge < -0.3 is 5.32 Å². The Bertz CT molecular complexity index is 1210. The van der Waals surface area contributed by atoms with Crippen LogP contribution in [0.2, 0.25) is 0 Å². The van der Waals surface area contributed by atoms with Crippen molar-refractivity contribution in [3.8, 4) is 0 Å². The van der Waals surface area contributed by atoms with Crippen LogP contribution in [0.3, 0.4) is 0 Å². The Morgan fingerprint density at radius 2 is 1.94 bits per heavy atom. The van der Waals surface area contributed by atoms with Gasteiger partial charge in [-0.15, -0.1) is 0 Å². The normalized spacial score (nSPS) is 24.5. The standard InChI is InChI=1S/C27H30N4O/c32-26-22-4-1-3-21-19(5-6-23(29-26)25(21)22)15-18-16-28-31(17-18)20-8-13-30(14-9-20)24-7-12-27(24)10-2-11-27/h1,3-6,16-17,20,24H,2,7-15H2,(H,29,32)/t24-/m1/s1. The first-order valence-corrected chi connectivity index (χ1v) is 12.3. The molecule has 5 heteroatoms. The number of carbonyl (C=O) groups excluding carboxylic acids is 1. The van der Waals surface area contributed by atoms with Crippen LogP contribution in [-0.4, -0.2) is 39.7 Å². The predicted molar refractivity (Wildman–Crippen MR) is 126 cm³/mol. The van der Waals surface area contributed by atoms with E-state index in [0.717, 1.165) is 29.1 Å². The number of piperidine rings is 1. The third-order valence-corrected chi connectivity index (χ3v) is 8.96.